The molecule has 0 aliphatic carbocycles. The molecule has 0 aliphatic heterocycles. The van der Waals surface area contributed by atoms with E-state index in [1.54, 1.807) is 24.4 Å². The molecule has 2 heterocycles. The van der Waals surface area contributed by atoms with Crippen LogP contribution in [0.1, 0.15) is 16.1 Å². The van der Waals surface area contributed by atoms with Gasteiger partial charge >= 0.3 is 5.97 Å². The summed E-state index contributed by atoms with van der Waals surface area (Å²) in [7, 11) is -2.58. The van der Waals surface area contributed by atoms with Gasteiger partial charge in [-0.05, 0) is 12.1 Å². The minimum absolute atomic E-state index is 0.0334. The van der Waals surface area contributed by atoms with Crippen molar-refractivity contribution in [3.8, 4) is 0 Å². The van der Waals surface area contributed by atoms with Crippen molar-refractivity contribution in [1.82, 2.24) is 9.71 Å². The quantitative estimate of drug-likeness (QED) is 0.844. The Bertz CT molecular complexity index is 695. The van der Waals surface area contributed by atoms with E-state index >= 15 is 0 Å². The topological polar surface area (TPSA) is 85.4 Å². The Labute approximate surface area is 120 Å². The number of sulfonamides is 1. The molecule has 0 spiro atoms. The third-order valence-corrected chi connectivity index (χ3v) is 4.82. The number of hydrogen-bond acceptors (Lipinski definition) is 6. The summed E-state index contributed by atoms with van der Waals surface area (Å²) in [5.41, 5.74) is 0.622. The van der Waals surface area contributed by atoms with Gasteiger partial charge in [0.1, 0.15) is 4.90 Å². The monoisotopic (exact) mass is 312 g/mol. The second-order valence-corrected chi connectivity index (χ2v) is 6.27. The van der Waals surface area contributed by atoms with Gasteiger partial charge in [-0.25, -0.2) is 17.9 Å². The molecular formula is C12H12N2O4S2. The summed E-state index contributed by atoms with van der Waals surface area (Å²) >= 11 is 1.12. The first-order valence-electron chi connectivity index (χ1n) is 5.58. The minimum Gasteiger partial charge on any atom is -0.465 e. The van der Waals surface area contributed by atoms with Gasteiger partial charge in [0.05, 0.1) is 24.9 Å². The van der Waals surface area contributed by atoms with Crippen molar-refractivity contribution in [2.45, 2.75) is 11.4 Å². The molecule has 8 heteroatoms. The normalized spacial score (nSPS) is 11.2. The lowest BCUT2D eigenvalue weighted by Crippen LogP contribution is -2.25. The fourth-order valence-electron chi connectivity index (χ4n) is 1.50. The highest BCUT2D eigenvalue weighted by Crippen LogP contribution is 2.21. The molecule has 0 aromatic carbocycles. The number of esters is 1. The lowest BCUT2D eigenvalue weighted by molar-refractivity contribution is 0.0597. The zero-order chi connectivity index (χ0) is 14.6. The summed E-state index contributed by atoms with van der Waals surface area (Å²) < 4.78 is 31.3. The molecule has 20 heavy (non-hydrogen) atoms. The molecule has 0 bridgehead atoms. The van der Waals surface area contributed by atoms with Gasteiger partial charge in [-0.1, -0.05) is 6.07 Å². The van der Waals surface area contributed by atoms with Gasteiger partial charge in [-0.2, -0.15) is 11.3 Å². The van der Waals surface area contributed by atoms with Crippen LogP contribution in [0.5, 0.6) is 0 Å². The second-order valence-electron chi connectivity index (χ2n) is 3.79. The predicted molar refractivity (Wildman–Crippen MR) is 73.9 cm³/mol. The molecule has 0 radical (unpaired) electrons. The van der Waals surface area contributed by atoms with Gasteiger partial charge in [0, 0.05) is 17.0 Å². The van der Waals surface area contributed by atoms with E-state index in [0.717, 1.165) is 11.3 Å². The minimum atomic E-state index is -3.78. The highest BCUT2D eigenvalue weighted by molar-refractivity contribution is 7.89. The Hall–Kier alpha value is -1.77. The Morgan fingerprint density at radius 3 is 2.85 bits per heavy atom. The number of carbonyl (C=O) groups is 1. The summed E-state index contributed by atoms with van der Waals surface area (Å²) in [5.74, 6) is -0.676. The fourth-order valence-corrected chi connectivity index (χ4v) is 3.85. The molecule has 0 saturated heterocycles. The maximum absolute atomic E-state index is 12.2. The number of thiophene rings is 1. The van der Waals surface area contributed by atoms with Crippen molar-refractivity contribution in [2.24, 2.45) is 0 Å². The van der Waals surface area contributed by atoms with Crippen molar-refractivity contribution < 1.29 is 17.9 Å². The first-order chi connectivity index (χ1) is 9.54. The number of hydrogen-bond donors (Lipinski definition) is 1. The van der Waals surface area contributed by atoms with Crippen LogP contribution in [0.25, 0.3) is 0 Å². The number of carbonyl (C=O) groups excluding carboxylic acids is 1. The maximum Gasteiger partial charge on any atom is 0.340 e. The highest BCUT2D eigenvalue weighted by Gasteiger charge is 2.23. The molecule has 0 atom stereocenters. The van der Waals surface area contributed by atoms with Gasteiger partial charge in [0.15, 0.2) is 0 Å². The van der Waals surface area contributed by atoms with Crippen LogP contribution in [-0.4, -0.2) is 26.5 Å². The van der Waals surface area contributed by atoms with E-state index in [2.05, 4.69) is 14.4 Å². The van der Waals surface area contributed by atoms with E-state index < -0.39 is 16.0 Å². The largest absolute Gasteiger partial charge is 0.465 e. The molecule has 0 saturated carbocycles. The van der Waals surface area contributed by atoms with E-state index in [1.165, 1.54) is 17.9 Å². The smallest absolute Gasteiger partial charge is 0.340 e. The number of rotatable bonds is 5. The Morgan fingerprint density at radius 1 is 1.40 bits per heavy atom. The molecule has 2 aromatic rings. The van der Waals surface area contributed by atoms with Crippen LogP contribution < -0.4 is 4.72 Å². The molecule has 2 aromatic heterocycles. The van der Waals surface area contributed by atoms with Crippen molar-refractivity contribution in [3.05, 3.63) is 46.4 Å². The number of ether oxygens (including phenoxy) is 1. The van der Waals surface area contributed by atoms with E-state index in [0.29, 0.717) is 5.69 Å². The SMILES string of the molecule is COC(=O)c1cscc1S(=O)(=O)NCc1ccccn1. The van der Waals surface area contributed by atoms with Crippen LogP contribution in [0.4, 0.5) is 0 Å². The molecule has 0 amide bonds. The summed E-state index contributed by atoms with van der Waals surface area (Å²) in [6.45, 7) is 0.0552. The first kappa shape index (κ1) is 14.6. The summed E-state index contributed by atoms with van der Waals surface area (Å²) in [4.78, 5) is 15.4. The van der Waals surface area contributed by atoms with Crippen LogP contribution in [0.3, 0.4) is 0 Å². The van der Waals surface area contributed by atoms with Crippen LogP contribution in [0.2, 0.25) is 0 Å². The van der Waals surface area contributed by atoms with Crippen LogP contribution in [0, 0.1) is 0 Å². The van der Waals surface area contributed by atoms with Gasteiger partial charge in [0.25, 0.3) is 0 Å². The third kappa shape index (κ3) is 3.21. The van der Waals surface area contributed by atoms with Crippen LogP contribution >= 0.6 is 11.3 Å². The molecule has 0 aliphatic rings. The van der Waals surface area contributed by atoms with Crippen molar-refractivity contribution in [2.75, 3.05) is 7.11 Å². The Balaban J connectivity index is 2.19. The molecular weight excluding hydrogens is 300 g/mol. The predicted octanol–water partition coefficient (Wildman–Crippen LogP) is 1.41. The fraction of sp³-hybridized carbons (Fsp3) is 0.167. The van der Waals surface area contributed by atoms with Crippen molar-refractivity contribution >= 4 is 27.3 Å². The molecule has 6 nitrogen and oxygen atoms in total. The first-order valence-corrected chi connectivity index (χ1v) is 8.01. The number of methoxy groups -OCH3 is 1. The van der Waals surface area contributed by atoms with E-state index in [4.69, 9.17) is 0 Å². The average Bonchev–Trinajstić information content (AvgIpc) is 2.96. The molecule has 106 valence electrons. The van der Waals surface area contributed by atoms with Crippen molar-refractivity contribution in [1.29, 1.82) is 0 Å². The zero-order valence-corrected chi connectivity index (χ0v) is 12.2. The summed E-state index contributed by atoms with van der Waals surface area (Å²) in [6, 6.07) is 5.21. The summed E-state index contributed by atoms with van der Waals surface area (Å²) in [6.07, 6.45) is 1.58. The van der Waals surface area contributed by atoms with E-state index in [9.17, 15) is 13.2 Å². The standard InChI is InChI=1S/C12H12N2O4S2/c1-18-12(15)10-7-19-8-11(10)20(16,17)14-6-9-4-2-3-5-13-9/h2-5,7-8,14H,6H2,1H3. The number of nitrogens with zero attached hydrogens (tertiary/aromatic N) is 1. The van der Waals surface area contributed by atoms with Gasteiger partial charge < -0.3 is 4.74 Å². The number of pyridine rings is 1. The van der Waals surface area contributed by atoms with Gasteiger partial charge in [-0.15, -0.1) is 0 Å². The molecule has 2 rings (SSSR count). The Morgan fingerprint density at radius 2 is 2.20 bits per heavy atom. The lowest BCUT2D eigenvalue weighted by atomic mass is 10.3. The summed E-state index contributed by atoms with van der Waals surface area (Å²) in [5, 5.41) is 2.84. The van der Waals surface area contributed by atoms with Gasteiger partial charge in [-0.3, -0.25) is 4.98 Å². The zero-order valence-electron chi connectivity index (χ0n) is 10.6. The highest BCUT2D eigenvalue weighted by atomic mass is 32.2. The average molecular weight is 312 g/mol. The van der Waals surface area contributed by atoms with E-state index in [-0.39, 0.29) is 17.0 Å². The van der Waals surface area contributed by atoms with Crippen LogP contribution in [-0.2, 0) is 21.3 Å². The lowest BCUT2D eigenvalue weighted by Gasteiger charge is -2.06. The molecule has 1 N–H and O–H groups in total. The third-order valence-electron chi connectivity index (χ3n) is 2.49. The molecule has 0 fully saturated rings. The second kappa shape index (κ2) is 6.12. The number of aromatic nitrogens is 1. The number of nitrogens with one attached hydrogen (secondary N) is 1. The molecule has 0 unspecified atom stereocenters. The maximum atomic E-state index is 12.2. The van der Waals surface area contributed by atoms with Gasteiger partial charge in [0.2, 0.25) is 10.0 Å². The Kier molecular flexibility index (Phi) is 4.48. The van der Waals surface area contributed by atoms with Crippen LogP contribution in [0.15, 0.2) is 40.1 Å². The van der Waals surface area contributed by atoms with Crippen molar-refractivity contribution in [3.63, 3.8) is 0 Å². The van der Waals surface area contributed by atoms with E-state index in [1.807, 2.05) is 0 Å².